The van der Waals surface area contributed by atoms with Gasteiger partial charge in [0.25, 0.3) is 0 Å². The minimum Gasteiger partial charge on any atom is -0.346 e. The number of aromatic nitrogens is 2. The van der Waals surface area contributed by atoms with Gasteiger partial charge in [-0.25, -0.2) is 9.37 Å². The molecular weight excluding hydrogens is 415 g/mol. The second kappa shape index (κ2) is 9.00. The van der Waals surface area contributed by atoms with Crippen molar-refractivity contribution in [2.45, 2.75) is 6.92 Å². The lowest BCUT2D eigenvalue weighted by Crippen LogP contribution is -2.34. The van der Waals surface area contributed by atoms with Crippen LogP contribution in [0.15, 0.2) is 73.1 Å². The van der Waals surface area contributed by atoms with Crippen LogP contribution in [0.3, 0.4) is 0 Å². The maximum Gasteiger partial charge on any atom is 0.248 e. The molecule has 0 saturated heterocycles. The van der Waals surface area contributed by atoms with Gasteiger partial charge in [-0.15, -0.1) is 0 Å². The molecule has 0 radical (unpaired) electrons. The molecule has 0 atom stereocenters. The standard InChI is InChI=1S/C27H27FN4O/c1-18-8-5-11-22(26(18)28)24-17-30-27-23(24)15-20(16-29-27)19-9-6-10-21(14-19)31-25(33)12-7-13-32(2,3)4/h5-12,14-17H,13H2,1-4H3,(H-,29,30,31,33)/p+1. The summed E-state index contributed by atoms with van der Waals surface area (Å²) in [6.45, 7) is 2.52. The molecule has 0 saturated carbocycles. The van der Waals surface area contributed by atoms with Gasteiger partial charge < -0.3 is 14.8 Å². The van der Waals surface area contributed by atoms with Crippen molar-refractivity contribution < 1.29 is 13.7 Å². The van der Waals surface area contributed by atoms with Gasteiger partial charge in [-0.2, -0.15) is 0 Å². The highest BCUT2D eigenvalue weighted by Gasteiger charge is 2.14. The molecule has 6 heteroatoms. The summed E-state index contributed by atoms with van der Waals surface area (Å²) in [4.78, 5) is 20.0. The van der Waals surface area contributed by atoms with E-state index in [2.05, 4.69) is 36.4 Å². The summed E-state index contributed by atoms with van der Waals surface area (Å²) in [5.41, 5.74) is 5.11. The number of nitrogens with one attached hydrogen (secondary N) is 2. The van der Waals surface area contributed by atoms with E-state index in [-0.39, 0.29) is 11.7 Å². The fourth-order valence-electron chi connectivity index (χ4n) is 3.68. The van der Waals surface area contributed by atoms with Gasteiger partial charge in [0.2, 0.25) is 5.91 Å². The van der Waals surface area contributed by atoms with E-state index in [9.17, 15) is 9.18 Å². The van der Waals surface area contributed by atoms with Crippen LogP contribution in [-0.2, 0) is 4.79 Å². The Kier molecular flexibility index (Phi) is 6.11. The average Bonchev–Trinajstić information content (AvgIpc) is 3.18. The number of pyridine rings is 1. The van der Waals surface area contributed by atoms with E-state index in [0.717, 1.165) is 33.1 Å². The van der Waals surface area contributed by atoms with Crippen LogP contribution >= 0.6 is 0 Å². The SMILES string of the molecule is Cc1cccc(-c2c[nH]c3ncc(-c4cccc(NC(=O)C=CC[N+](C)(C)C)c4)cc23)c1F. The first kappa shape index (κ1) is 22.4. The molecule has 4 rings (SSSR count). The van der Waals surface area contributed by atoms with Gasteiger partial charge >= 0.3 is 0 Å². The molecule has 1 amide bonds. The van der Waals surface area contributed by atoms with Crippen LogP contribution in [0.2, 0.25) is 0 Å². The molecule has 5 nitrogen and oxygen atoms in total. The molecule has 0 unspecified atom stereocenters. The Morgan fingerprint density at radius 2 is 1.88 bits per heavy atom. The number of amides is 1. The second-order valence-corrected chi connectivity index (χ2v) is 9.20. The zero-order chi connectivity index (χ0) is 23.6. The fourth-order valence-corrected chi connectivity index (χ4v) is 3.68. The number of hydrogen-bond acceptors (Lipinski definition) is 2. The highest BCUT2D eigenvalue weighted by molar-refractivity contribution is 6.00. The van der Waals surface area contributed by atoms with Gasteiger partial charge in [0.1, 0.15) is 11.5 Å². The third-order valence-electron chi connectivity index (χ3n) is 5.40. The lowest BCUT2D eigenvalue weighted by molar-refractivity contribution is -0.864. The van der Waals surface area contributed by atoms with E-state index < -0.39 is 0 Å². The average molecular weight is 444 g/mol. The molecule has 2 heterocycles. The van der Waals surface area contributed by atoms with Crippen molar-refractivity contribution >= 4 is 22.6 Å². The van der Waals surface area contributed by atoms with Crippen molar-refractivity contribution in [2.75, 3.05) is 33.0 Å². The van der Waals surface area contributed by atoms with Crippen molar-refractivity contribution in [3.8, 4) is 22.3 Å². The third-order valence-corrected chi connectivity index (χ3v) is 5.40. The first-order valence-electron chi connectivity index (χ1n) is 10.8. The minimum atomic E-state index is -0.230. The number of halogens is 1. The topological polar surface area (TPSA) is 57.8 Å². The Morgan fingerprint density at radius 3 is 2.67 bits per heavy atom. The third kappa shape index (κ3) is 5.18. The Morgan fingerprint density at radius 1 is 1.09 bits per heavy atom. The van der Waals surface area contributed by atoms with Crippen LogP contribution in [0.25, 0.3) is 33.3 Å². The zero-order valence-electron chi connectivity index (χ0n) is 19.3. The molecular formula is C27H28FN4O+. The number of fused-ring (bicyclic) bond motifs is 1. The quantitative estimate of drug-likeness (QED) is 0.303. The fraction of sp³-hybridized carbons (Fsp3) is 0.185. The summed E-state index contributed by atoms with van der Waals surface area (Å²) in [5, 5.41) is 3.75. The number of aryl methyl sites for hydroxylation is 1. The summed E-state index contributed by atoms with van der Waals surface area (Å²) in [6.07, 6.45) is 7.00. The monoisotopic (exact) mass is 443 g/mol. The normalized spacial score (nSPS) is 11.9. The number of aromatic amines is 1. The number of carbonyl (C=O) groups is 1. The number of nitrogens with zero attached hydrogens (tertiary/aromatic N) is 2. The summed E-state index contributed by atoms with van der Waals surface area (Å²) in [6, 6.07) is 15.0. The summed E-state index contributed by atoms with van der Waals surface area (Å²) in [5.74, 6) is -0.399. The summed E-state index contributed by atoms with van der Waals surface area (Å²) >= 11 is 0. The van der Waals surface area contributed by atoms with Crippen LogP contribution in [0.4, 0.5) is 10.1 Å². The minimum absolute atomic E-state index is 0.169. The molecule has 2 aromatic heterocycles. The molecule has 2 aromatic carbocycles. The van der Waals surface area contributed by atoms with Gasteiger partial charge in [-0.1, -0.05) is 30.3 Å². The number of hydrogen-bond donors (Lipinski definition) is 2. The lowest BCUT2D eigenvalue weighted by Gasteiger charge is -2.21. The number of H-pyrrole nitrogens is 1. The van der Waals surface area contributed by atoms with Gasteiger partial charge in [0.05, 0.1) is 27.7 Å². The predicted molar refractivity (Wildman–Crippen MR) is 132 cm³/mol. The molecule has 33 heavy (non-hydrogen) atoms. The highest BCUT2D eigenvalue weighted by Crippen LogP contribution is 2.33. The number of rotatable bonds is 6. The molecule has 0 bridgehead atoms. The maximum absolute atomic E-state index is 14.8. The van der Waals surface area contributed by atoms with E-state index >= 15 is 0 Å². The van der Waals surface area contributed by atoms with Crippen molar-refractivity contribution in [2.24, 2.45) is 0 Å². The van der Waals surface area contributed by atoms with Crippen LogP contribution in [-0.4, -0.2) is 48.0 Å². The molecule has 2 N–H and O–H groups in total. The highest BCUT2D eigenvalue weighted by atomic mass is 19.1. The number of likely N-dealkylation sites (N-methyl/N-ethyl adjacent to an activating group) is 1. The molecule has 0 aliphatic rings. The molecule has 0 aliphatic carbocycles. The van der Waals surface area contributed by atoms with Crippen molar-refractivity contribution in [1.29, 1.82) is 0 Å². The Labute approximate surface area is 193 Å². The van der Waals surface area contributed by atoms with E-state index in [1.807, 2.05) is 42.5 Å². The van der Waals surface area contributed by atoms with Crippen molar-refractivity contribution in [1.82, 2.24) is 9.97 Å². The molecule has 168 valence electrons. The lowest BCUT2D eigenvalue weighted by atomic mass is 10.0. The second-order valence-electron chi connectivity index (χ2n) is 9.20. The van der Waals surface area contributed by atoms with E-state index in [1.54, 1.807) is 37.5 Å². The maximum atomic E-state index is 14.8. The van der Waals surface area contributed by atoms with E-state index in [0.29, 0.717) is 22.5 Å². The number of quaternary nitrogens is 1. The molecule has 0 spiro atoms. The molecule has 4 aromatic rings. The first-order chi connectivity index (χ1) is 15.7. The van der Waals surface area contributed by atoms with Crippen LogP contribution in [0.5, 0.6) is 0 Å². The summed E-state index contributed by atoms with van der Waals surface area (Å²) in [7, 11) is 6.21. The van der Waals surface area contributed by atoms with Crippen LogP contribution in [0, 0.1) is 12.7 Å². The van der Waals surface area contributed by atoms with Crippen molar-refractivity contribution in [3.05, 3.63) is 84.5 Å². The van der Waals surface area contributed by atoms with E-state index in [4.69, 9.17) is 0 Å². The number of carbonyl (C=O) groups excluding carboxylic acids is 1. The summed E-state index contributed by atoms with van der Waals surface area (Å²) < 4.78 is 15.5. The van der Waals surface area contributed by atoms with Crippen molar-refractivity contribution in [3.63, 3.8) is 0 Å². The van der Waals surface area contributed by atoms with Gasteiger partial charge in [-0.05, 0) is 42.3 Å². The van der Waals surface area contributed by atoms with Crippen LogP contribution < -0.4 is 5.32 Å². The zero-order valence-corrected chi connectivity index (χ0v) is 19.3. The van der Waals surface area contributed by atoms with Crippen LogP contribution in [0.1, 0.15) is 5.56 Å². The van der Waals surface area contributed by atoms with Gasteiger partial charge in [0, 0.05) is 46.2 Å². The Hall–Kier alpha value is -3.77. The number of anilines is 1. The molecule has 0 fully saturated rings. The van der Waals surface area contributed by atoms with E-state index in [1.165, 1.54) is 0 Å². The molecule has 0 aliphatic heterocycles. The largest absolute Gasteiger partial charge is 0.346 e. The Balaban J connectivity index is 1.62. The first-order valence-corrected chi connectivity index (χ1v) is 10.8. The Bertz CT molecular complexity index is 1350. The van der Waals surface area contributed by atoms with Gasteiger partial charge in [-0.3, -0.25) is 4.79 Å². The predicted octanol–water partition coefficient (Wildman–Crippen LogP) is 5.55. The van der Waals surface area contributed by atoms with Gasteiger partial charge in [0.15, 0.2) is 0 Å². The smallest absolute Gasteiger partial charge is 0.248 e. The number of benzene rings is 2.